The van der Waals surface area contributed by atoms with E-state index in [9.17, 15) is 4.39 Å². The molecule has 0 amide bonds. The average molecular weight is 224 g/mol. The van der Waals surface area contributed by atoms with E-state index in [1.807, 2.05) is 13.8 Å². The van der Waals surface area contributed by atoms with Crippen LogP contribution in [0.4, 0.5) is 4.39 Å². The van der Waals surface area contributed by atoms with Gasteiger partial charge in [0.15, 0.2) is 11.6 Å². The lowest BCUT2D eigenvalue weighted by Crippen LogP contribution is -2.32. The van der Waals surface area contributed by atoms with Gasteiger partial charge in [-0.1, -0.05) is 26.0 Å². The van der Waals surface area contributed by atoms with E-state index in [0.29, 0.717) is 13.0 Å². The molecular weight excluding hydrogens is 207 g/mol. The quantitative estimate of drug-likeness (QED) is 0.596. The maximum Gasteiger partial charge on any atom is 0.165 e. The molecule has 3 N–H and O–H groups in total. The Balaban J connectivity index is 2.48. The normalized spacial score (nSPS) is 11.2. The maximum atomic E-state index is 13.2. The molecule has 0 aliphatic carbocycles. The van der Waals surface area contributed by atoms with Gasteiger partial charge in [-0.2, -0.15) is 0 Å². The molecule has 0 radical (unpaired) electrons. The minimum atomic E-state index is -0.411. The highest BCUT2D eigenvalue weighted by atomic mass is 19.1. The largest absolute Gasteiger partial charge is 0.490 e. The van der Waals surface area contributed by atoms with Gasteiger partial charge in [0.2, 0.25) is 0 Å². The van der Waals surface area contributed by atoms with Crippen molar-refractivity contribution in [2.75, 3.05) is 6.61 Å². The van der Waals surface area contributed by atoms with Gasteiger partial charge in [-0.3, -0.25) is 5.41 Å². The van der Waals surface area contributed by atoms with Crippen LogP contribution >= 0.6 is 0 Å². The van der Waals surface area contributed by atoms with Crippen molar-refractivity contribution < 1.29 is 9.13 Å². The van der Waals surface area contributed by atoms with Crippen molar-refractivity contribution in [3.63, 3.8) is 0 Å². The molecule has 0 bridgehead atoms. The zero-order valence-corrected chi connectivity index (χ0v) is 9.59. The molecule has 0 aromatic heterocycles. The molecule has 0 fully saturated rings. The van der Waals surface area contributed by atoms with Crippen LogP contribution in [-0.2, 0) is 0 Å². The van der Waals surface area contributed by atoms with Crippen LogP contribution in [0.1, 0.15) is 20.3 Å². The third-order valence-corrected chi connectivity index (χ3v) is 2.55. The summed E-state index contributed by atoms with van der Waals surface area (Å²) in [6.07, 6.45) is 0.580. The fourth-order valence-corrected chi connectivity index (χ4v) is 1.11. The number of amidine groups is 1. The monoisotopic (exact) mass is 224 g/mol. The number of halogens is 1. The zero-order valence-electron chi connectivity index (χ0n) is 9.59. The topological polar surface area (TPSA) is 59.1 Å². The second-order valence-electron chi connectivity index (χ2n) is 4.33. The molecule has 0 saturated carbocycles. The molecule has 1 aromatic carbocycles. The van der Waals surface area contributed by atoms with E-state index in [4.69, 9.17) is 15.9 Å². The number of nitrogens with two attached hydrogens (primary N) is 1. The summed E-state index contributed by atoms with van der Waals surface area (Å²) in [4.78, 5) is 0. The van der Waals surface area contributed by atoms with Crippen molar-refractivity contribution >= 4 is 5.84 Å². The lowest BCUT2D eigenvalue weighted by Gasteiger charge is -2.22. The molecule has 16 heavy (non-hydrogen) atoms. The second-order valence-corrected chi connectivity index (χ2v) is 4.33. The van der Waals surface area contributed by atoms with Gasteiger partial charge in [-0.25, -0.2) is 4.39 Å². The first-order valence-corrected chi connectivity index (χ1v) is 5.15. The fourth-order valence-electron chi connectivity index (χ4n) is 1.11. The predicted molar refractivity (Wildman–Crippen MR) is 62.2 cm³/mol. The van der Waals surface area contributed by atoms with E-state index >= 15 is 0 Å². The average Bonchev–Trinajstić information content (AvgIpc) is 2.20. The maximum absolute atomic E-state index is 13.2. The Bertz CT molecular complexity index is 377. The highest BCUT2D eigenvalue weighted by molar-refractivity contribution is 5.82. The van der Waals surface area contributed by atoms with Crippen molar-refractivity contribution in [3.8, 4) is 5.75 Å². The summed E-state index contributed by atoms with van der Waals surface area (Å²) in [6, 6.07) is 6.26. The summed E-state index contributed by atoms with van der Waals surface area (Å²) >= 11 is 0. The van der Waals surface area contributed by atoms with Crippen LogP contribution in [0.3, 0.4) is 0 Å². The Labute approximate surface area is 94.9 Å². The van der Waals surface area contributed by atoms with Gasteiger partial charge >= 0.3 is 0 Å². The Morgan fingerprint density at radius 1 is 1.44 bits per heavy atom. The zero-order chi connectivity index (χ0) is 12.2. The summed E-state index contributed by atoms with van der Waals surface area (Å²) in [5.41, 5.74) is 5.02. The fraction of sp³-hybridized carbons (Fsp3) is 0.417. The van der Waals surface area contributed by atoms with Gasteiger partial charge in [0.25, 0.3) is 0 Å². The summed E-state index contributed by atoms with van der Waals surface area (Å²) in [5.74, 6) is -0.0189. The molecule has 88 valence electrons. The number of hydrogen-bond acceptors (Lipinski definition) is 2. The first-order chi connectivity index (χ1) is 7.43. The minimum absolute atomic E-state index is 0.115. The minimum Gasteiger partial charge on any atom is -0.490 e. The number of hydrogen-bond donors (Lipinski definition) is 2. The van der Waals surface area contributed by atoms with Gasteiger partial charge in [-0.05, 0) is 18.6 Å². The van der Waals surface area contributed by atoms with Gasteiger partial charge in [-0.15, -0.1) is 0 Å². The van der Waals surface area contributed by atoms with Gasteiger partial charge in [0.1, 0.15) is 0 Å². The number of nitrogens with one attached hydrogen (secondary N) is 1. The molecule has 0 unspecified atom stereocenters. The van der Waals surface area contributed by atoms with E-state index in [1.165, 1.54) is 6.07 Å². The van der Waals surface area contributed by atoms with E-state index < -0.39 is 5.41 Å². The van der Waals surface area contributed by atoms with Crippen LogP contribution in [-0.4, -0.2) is 12.4 Å². The van der Waals surface area contributed by atoms with Crippen LogP contribution in [0.5, 0.6) is 5.75 Å². The Hall–Kier alpha value is -1.58. The SMILES string of the molecule is CC(C)(CCOc1ccccc1F)C(=N)N. The smallest absolute Gasteiger partial charge is 0.165 e. The Morgan fingerprint density at radius 3 is 2.62 bits per heavy atom. The van der Waals surface area contributed by atoms with Crippen LogP contribution < -0.4 is 10.5 Å². The third kappa shape index (κ3) is 3.22. The summed E-state index contributed by atoms with van der Waals surface area (Å²) in [6.45, 7) is 4.06. The second kappa shape index (κ2) is 4.96. The van der Waals surface area contributed by atoms with Crippen LogP contribution in [0.15, 0.2) is 24.3 Å². The highest BCUT2D eigenvalue weighted by Gasteiger charge is 2.21. The van der Waals surface area contributed by atoms with E-state index in [0.717, 1.165) is 0 Å². The van der Waals surface area contributed by atoms with Crippen LogP contribution in [0.2, 0.25) is 0 Å². The first-order valence-electron chi connectivity index (χ1n) is 5.15. The molecule has 0 spiro atoms. The molecule has 0 aliphatic rings. The Kier molecular flexibility index (Phi) is 3.88. The van der Waals surface area contributed by atoms with Crippen molar-refractivity contribution in [1.82, 2.24) is 0 Å². The number of rotatable bonds is 5. The van der Waals surface area contributed by atoms with Gasteiger partial charge < -0.3 is 10.5 Å². The van der Waals surface area contributed by atoms with Crippen LogP contribution in [0.25, 0.3) is 0 Å². The molecule has 3 nitrogen and oxygen atoms in total. The van der Waals surface area contributed by atoms with E-state index in [1.54, 1.807) is 18.2 Å². The summed E-state index contributed by atoms with van der Waals surface area (Å²) in [7, 11) is 0. The summed E-state index contributed by atoms with van der Waals surface area (Å²) in [5, 5.41) is 7.37. The number of benzene rings is 1. The lowest BCUT2D eigenvalue weighted by atomic mass is 9.88. The molecular formula is C12H17FN2O. The van der Waals surface area contributed by atoms with E-state index in [-0.39, 0.29) is 17.4 Å². The molecule has 0 atom stereocenters. The van der Waals surface area contributed by atoms with Crippen LogP contribution in [0, 0.1) is 16.6 Å². The highest BCUT2D eigenvalue weighted by Crippen LogP contribution is 2.21. The van der Waals surface area contributed by atoms with Crippen molar-refractivity contribution in [1.29, 1.82) is 5.41 Å². The number of ether oxygens (including phenoxy) is 1. The van der Waals surface area contributed by atoms with Crippen molar-refractivity contribution in [3.05, 3.63) is 30.1 Å². The molecule has 1 aromatic rings. The first kappa shape index (κ1) is 12.5. The third-order valence-electron chi connectivity index (χ3n) is 2.55. The Morgan fingerprint density at radius 2 is 2.06 bits per heavy atom. The molecule has 0 aliphatic heterocycles. The molecule has 4 heteroatoms. The molecule has 0 saturated heterocycles. The van der Waals surface area contributed by atoms with Gasteiger partial charge in [0, 0.05) is 5.41 Å². The van der Waals surface area contributed by atoms with Crippen molar-refractivity contribution in [2.24, 2.45) is 11.1 Å². The molecule has 0 heterocycles. The van der Waals surface area contributed by atoms with Gasteiger partial charge in [0.05, 0.1) is 12.4 Å². The standard InChI is InChI=1S/C12H17FN2O/c1-12(2,11(14)15)7-8-16-10-6-4-3-5-9(10)13/h3-6H,7-8H2,1-2H3,(H3,14,15). The van der Waals surface area contributed by atoms with Crippen molar-refractivity contribution in [2.45, 2.75) is 20.3 Å². The number of para-hydroxylation sites is 1. The molecule has 1 rings (SSSR count). The predicted octanol–water partition coefficient (Wildman–Crippen LogP) is 2.56. The lowest BCUT2D eigenvalue weighted by molar-refractivity contribution is 0.258. The van der Waals surface area contributed by atoms with E-state index in [2.05, 4.69) is 0 Å². The summed E-state index contributed by atoms with van der Waals surface area (Å²) < 4.78 is 18.5.